The quantitative estimate of drug-likeness (QED) is 0.328. The van der Waals surface area contributed by atoms with E-state index in [-0.39, 0.29) is 41.6 Å². The van der Waals surface area contributed by atoms with Crippen LogP contribution in [-0.4, -0.2) is 86.5 Å². The molecule has 5 atom stereocenters. The smallest absolute Gasteiger partial charge is 0.278 e. The molecule has 1 aromatic carbocycles. The SMILES string of the molecule is CCOC1CC2=NCC(C#N)C(Nc3ccc(NC(=O)c4ncccc4OC)c(Cl)c3)C2CC1NC(=O)CCCN(C)C. The molecule has 1 aliphatic carbocycles. The van der Waals surface area contributed by atoms with Crippen LogP contribution in [0.25, 0.3) is 0 Å². The first-order valence-corrected chi connectivity index (χ1v) is 15.0. The first-order valence-electron chi connectivity index (χ1n) is 14.6. The van der Waals surface area contributed by atoms with Crippen molar-refractivity contribution in [2.75, 3.05) is 51.5 Å². The highest BCUT2D eigenvalue weighted by atomic mass is 35.5. The zero-order valence-corrected chi connectivity index (χ0v) is 25.9. The van der Waals surface area contributed by atoms with Gasteiger partial charge in [-0.3, -0.25) is 14.6 Å². The summed E-state index contributed by atoms with van der Waals surface area (Å²) in [4.78, 5) is 36.6. The van der Waals surface area contributed by atoms with E-state index < -0.39 is 5.91 Å². The van der Waals surface area contributed by atoms with E-state index in [9.17, 15) is 14.9 Å². The van der Waals surface area contributed by atoms with E-state index in [0.29, 0.717) is 54.6 Å². The molecule has 1 fully saturated rings. The lowest BCUT2D eigenvalue weighted by atomic mass is 9.72. The fourth-order valence-electron chi connectivity index (χ4n) is 5.71. The van der Waals surface area contributed by atoms with Gasteiger partial charge >= 0.3 is 0 Å². The Labute approximate surface area is 258 Å². The fourth-order valence-corrected chi connectivity index (χ4v) is 5.94. The molecule has 1 aliphatic heterocycles. The summed E-state index contributed by atoms with van der Waals surface area (Å²) >= 11 is 6.59. The van der Waals surface area contributed by atoms with E-state index in [0.717, 1.165) is 18.7 Å². The molecule has 0 saturated heterocycles. The Morgan fingerprint density at radius 2 is 2.07 bits per heavy atom. The van der Waals surface area contributed by atoms with Gasteiger partial charge in [-0.2, -0.15) is 5.26 Å². The van der Waals surface area contributed by atoms with Crippen molar-refractivity contribution in [2.45, 2.75) is 50.8 Å². The van der Waals surface area contributed by atoms with Crippen LogP contribution in [0.5, 0.6) is 5.75 Å². The maximum absolute atomic E-state index is 12.8. The topological polar surface area (TPSA) is 141 Å². The van der Waals surface area contributed by atoms with Gasteiger partial charge in [0.2, 0.25) is 5.91 Å². The number of hydrogen-bond acceptors (Lipinski definition) is 9. The second-order valence-electron chi connectivity index (χ2n) is 11.1. The highest BCUT2D eigenvalue weighted by molar-refractivity contribution is 6.34. The Bertz CT molecular complexity index is 1360. The Morgan fingerprint density at radius 1 is 1.26 bits per heavy atom. The van der Waals surface area contributed by atoms with Crippen LogP contribution in [0.2, 0.25) is 5.02 Å². The monoisotopic (exact) mass is 609 g/mol. The third kappa shape index (κ3) is 8.22. The van der Waals surface area contributed by atoms with Crippen molar-refractivity contribution in [1.29, 1.82) is 5.26 Å². The van der Waals surface area contributed by atoms with Crippen LogP contribution < -0.4 is 20.7 Å². The molecular formula is C31H40ClN7O4. The number of rotatable bonds is 12. The van der Waals surface area contributed by atoms with Crippen molar-refractivity contribution >= 4 is 40.5 Å². The number of carbonyl (C=O) groups excluding carboxylic acids is 2. The van der Waals surface area contributed by atoms with Crippen LogP contribution in [0, 0.1) is 23.2 Å². The fraction of sp³-hybridized carbons (Fsp3) is 0.516. The number of pyridine rings is 1. The standard InChI is InChI=1S/C31H40ClN7O4/c1-5-43-27-16-24-21(15-25(27)37-28(40)9-7-13-39(2)3)29(19(17-33)18-35-24)36-20-10-11-23(22(32)14-20)38-31(41)30-26(42-4)8-6-12-34-30/h6,8,10-12,14,19,21,25,27,29,36H,5,7,9,13,15-16,18H2,1-4H3,(H,37,40)(H,38,41). The van der Waals surface area contributed by atoms with Gasteiger partial charge in [0, 0.05) is 43.0 Å². The molecule has 3 N–H and O–H groups in total. The number of methoxy groups -OCH3 is 1. The summed E-state index contributed by atoms with van der Waals surface area (Å²) in [7, 11) is 5.45. The lowest BCUT2D eigenvalue weighted by Gasteiger charge is -2.44. The highest BCUT2D eigenvalue weighted by Crippen LogP contribution is 2.36. The van der Waals surface area contributed by atoms with E-state index in [4.69, 9.17) is 26.1 Å². The van der Waals surface area contributed by atoms with Gasteiger partial charge in [-0.1, -0.05) is 11.6 Å². The second kappa shape index (κ2) is 15.1. The first-order chi connectivity index (χ1) is 20.7. The molecule has 2 heterocycles. The van der Waals surface area contributed by atoms with Gasteiger partial charge < -0.3 is 30.3 Å². The number of carbonyl (C=O) groups is 2. The van der Waals surface area contributed by atoms with Gasteiger partial charge in [-0.25, -0.2) is 4.98 Å². The summed E-state index contributed by atoms with van der Waals surface area (Å²) in [5.41, 5.74) is 2.28. The zero-order chi connectivity index (χ0) is 30.9. The summed E-state index contributed by atoms with van der Waals surface area (Å²) in [5.74, 6) is -0.533. The molecule has 4 rings (SSSR count). The molecule has 2 amide bonds. The van der Waals surface area contributed by atoms with Gasteiger partial charge in [-0.15, -0.1) is 0 Å². The number of ether oxygens (including phenoxy) is 2. The minimum atomic E-state index is -0.446. The minimum Gasteiger partial charge on any atom is -0.494 e. The number of nitrogens with zero attached hydrogens (tertiary/aromatic N) is 4. The van der Waals surface area contributed by atoms with Crippen molar-refractivity contribution in [3.8, 4) is 11.8 Å². The van der Waals surface area contributed by atoms with Crippen molar-refractivity contribution in [3.05, 3.63) is 47.2 Å². The number of aromatic nitrogens is 1. The Kier molecular flexibility index (Phi) is 11.3. The van der Waals surface area contributed by atoms with Crippen LogP contribution in [-0.2, 0) is 9.53 Å². The van der Waals surface area contributed by atoms with Crippen molar-refractivity contribution < 1.29 is 19.1 Å². The average molecular weight is 610 g/mol. The Hall–Kier alpha value is -3.72. The van der Waals surface area contributed by atoms with Crippen molar-refractivity contribution in [2.24, 2.45) is 16.8 Å². The zero-order valence-electron chi connectivity index (χ0n) is 25.1. The van der Waals surface area contributed by atoms with Crippen molar-refractivity contribution in [1.82, 2.24) is 15.2 Å². The number of aliphatic imine (C=N–C) groups is 1. The molecule has 1 aromatic heterocycles. The first kappa shape index (κ1) is 32.2. The number of nitriles is 1. The predicted octanol–water partition coefficient (Wildman–Crippen LogP) is 4.01. The van der Waals surface area contributed by atoms with Gasteiger partial charge in [-0.05, 0) is 70.7 Å². The lowest BCUT2D eigenvalue weighted by molar-refractivity contribution is -0.123. The van der Waals surface area contributed by atoms with E-state index in [1.807, 2.05) is 27.1 Å². The molecular weight excluding hydrogens is 570 g/mol. The average Bonchev–Trinajstić information content (AvgIpc) is 2.99. The summed E-state index contributed by atoms with van der Waals surface area (Å²) in [6.45, 7) is 3.70. The summed E-state index contributed by atoms with van der Waals surface area (Å²) in [6, 6.07) is 10.6. The summed E-state index contributed by atoms with van der Waals surface area (Å²) < 4.78 is 11.3. The Balaban J connectivity index is 1.49. The van der Waals surface area contributed by atoms with E-state index in [1.165, 1.54) is 13.3 Å². The number of nitrogens with one attached hydrogen (secondary N) is 3. The number of fused-ring (bicyclic) bond motifs is 1. The molecule has 0 bridgehead atoms. The molecule has 12 heteroatoms. The van der Waals surface area contributed by atoms with Crippen LogP contribution in [0.4, 0.5) is 11.4 Å². The number of halogens is 1. The summed E-state index contributed by atoms with van der Waals surface area (Å²) in [6.07, 6.45) is 3.76. The van der Waals surface area contributed by atoms with Gasteiger partial charge in [0.1, 0.15) is 5.75 Å². The Morgan fingerprint density at radius 3 is 2.77 bits per heavy atom. The van der Waals surface area contributed by atoms with Gasteiger partial charge in [0.05, 0.1) is 54.5 Å². The molecule has 2 aromatic rings. The van der Waals surface area contributed by atoms with Gasteiger partial charge in [0.15, 0.2) is 5.69 Å². The van der Waals surface area contributed by atoms with Crippen LogP contribution in [0.3, 0.4) is 0 Å². The highest BCUT2D eigenvalue weighted by Gasteiger charge is 2.44. The number of benzene rings is 1. The van der Waals surface area contributed by atoms with Crippen LogP contribution in [0.15, 0.2) is 41.5 Å². The van der Waals surface area contributed by atoms with Crippen LogP contribution >= 0.6 is 11.6 Å². The third-order valence-electron chi connectivity index (χ3n) is 7.81. The minimum absolute atomic E-state index is 0.00170. The molecule has 230 valence electrons. The van der Waals surface area contributed by atoms with E-state index in [1.54, 1.807) is 24.3 Å². The molecule has 0 spiro atoms. The lowest BCUT2D eigenvalue weighted by Crippen LogP contribution is -2.56. The number of amides is 2. The number of hydrogen-bond donors (Lipinski definition) is 3. The maximum Gasteiger partial charge on any atom is 0.278 e. The molecule has 43 heavy (non-hydrogen) atoms. The molecule has 5 unspecified atom stereocenters. The number of anilines is 2. The van der Waals surface area contributed by atoms with Crippen LogP contribution in [0.1, 0.15) is 43.1 Å². The molecule has 11 nitrogen and oxygen atoms in total. The molecule has 1 saturated carbocycles. The predicted molar refractivity (Wildman–Crippen MR) is 167 cm³/mol. The van der Waals surface area contributed by atoms with Gasteiger partial charge in [0.25, 0.3) is 5.91 Å². The van der Waals surface area contributed by atoms with E-state index in [2.05, 4.69) is 31.9 Å². The molecule has 2 aliphatic rings. The van der Waals surface area contributed by atoms with Crippen molar-refractivity contribution in [3.63, 3.8) is 0 Å². The third-order valence-corrected chi connectivity index (χ3v) is 8.12. The largest absolute Gasteiger partial charge is 0.494 e. The summed E-state index contributed by atoms with van der Waals surface area (Å²) in [5, 5.41) is 19.9. The maximum atomic E-state index is 12.8. The van der Waals surface area contributed by atoms with E-state index >= 15 is 0 Å². The second-order valence-corrected chi connectivity index (χ2v) is 11.5. The molecule has 0 radical (unpaired) electrons. The normalized spacial score (nSPS) is 23.0.